The number of ether oxygens (including phenoxy) is 2. The highest BCUT2D eigenvalue weighted by Gasteiger charge is 2.48. The molecule has 1 aliphatic carbocycles. The Morgan fingerprint density at radius 3 is 2.76 bits per heavy atom. The van der Waals surface area contributed by atoms with Crippen molar-refractivity contribution in [3.8, 4) is 5.75 Å². The van der Waals surface area contributed by atoms with Crippen molar-refractivity contribution in [3.05, 3.63) is 42.0 Å². The molecule has 1 amide bonds. The van der Waals surface area contributed by atoms with Crippen LogP contribution in [0.25, 0.3) is 0 Å². The SMILES string of the molecule is Cc1cc(C(=O)N2CCO[C@]3(CCC[C@@H]3COc3cccnc3)C2)no1.O=C(O)C(F)(F)F. The second-order valence-corrected chi connectivity index (χ2v) is 7.85. The maximum Gasteiger partial charge on any atom is 0.490 e. The van der Waals surface area contributed by atoms with Gasteiger partial charge in [-0.1, -0.05) is 5.16 Å². The standard InChI is InChI=1S/C19H23N3O4.C2HF3O2/c1-14-10-17(21-26-14)18(23)22-8-9-25-19(13-22)6-2-4-15(19)12-24-16-5-3-7-20-11-16;3-2(4,5)1(6)7/h3,5,7,10-11,15H,2,4,6,8-9,12-13H2,1H3;(H,6,7)/t15-,19-;/m1./s1. The first-order valence-electron chi connectivity index (χ1n) is 10.3. The molecule has 1 saturated heterocycles. The number of carboxylic acid groups (broad SMARTS) is 1. The van der Waals surface area contributed by atoms with Gasteiger partial charge in [0.15, 0.2) is 5.69 Å². The van der Waals surface area contributed by atoms with Crippen molar-refractivity contribution in [1.29, 1.82) is 0 Å². The number of halogens is 3. The number of nitrogens with zero attached hydrogens (tertiary/aromatic N) is 3. The minimum Gasteiger partial charge on any atom is -0.492 e. The van der Waals surface area contributed by atoms with E-state index in [1.807, 2.05) is 17.0 Å². The van der Waals surface area contributed by atoms with Gasteiger partial charge in [-0.05, 0) is 38.3 Å². The Bertz CT molecular complexity index is 952. The van der Waals surface area contributed by atoms with Crippen molar-refractivity contribution < 1.29 is 41.9 Å². The quantitative estimate of drug-likeness (QED) is 0.724. The van der Waals surface area contributed by atoms with Crippen molar-refractivity contribution in [1.82, 2.24) is 15.0 Å². The molecule has 1 saturated carbocycles. The van der Waals surface area contributed by atoms with Crippen molar-refractivity contribution in [2.45, 2.75) is 38.0 Å². The number of alkyl halides is 3. The zero-order valence-electron chi connectivity index (χ0n) is 17.9. The van der Waals surface area contributed by atoms with Gasteiger partial charge in [0.25, 0.3) is 5.91 Å². The summed E-state index contributed by atoms with van der Waals surface area (Å²) >= 11 is 0. The van der Waals surface area contributed by atoms with Gasteiger partial charge in [-0.2, -0.15) is 13.2 Å². The molecule has 0 aromatic carbocycles. The van der Waals surface area contributed by atoms with E-state index in [-0.39, 0.29) is 17.4 Å². The topological polar surface area (TPSA) is 115 Å². The minimum atomic E-state index is -5.08. The molecule has 0 bridgehead atoms. The molecule has 1 N–H and O–H groups in total. The highest BCUT2D eigenvalue weighted by atomic mass is 19.4. The molecule has 9 nitrogen and oxygen atoms in total. The molecular weight excluding hydrogens is 447 g/mol. The molecule has 33 heavy (non-hydrogen) atoms. The predicted molar refractivity (Wildman–Crippen MR) is 107 cm³/mol. The number of hydrogen-bond acceptors (Lipinski definition) is 7. The molecule has 2 aromatic heterocycles. The van der Waals surface area contributed by atoms with Crippen LogP contribution in [0.3, 0.4) is 0 Å². The number of morpholine rings is 1. The van der Waals surface area contributed by atoms with Gasteiger partial charge >= 0.3 is 12.1 Å². The van der Waals surface area contributed by atoms with E-state index in [9.17, 15) is 18.0 Å². The van der Waals surface area contributed by atoms with Gasteiger partial charge in [0.1, 0.15) is 11.5 Å². The molecular formula is C21H24F3N3O6. The molecule has 0 radical (unpaired) electrons. The lowest BCUT2D eigenvalue weighted by atomic mass is 9.89. The average molecular weight is 471 g/mol. The smallest absolute Gasteiger partial charge is 0.490 e. The summed E-state index contributed by atoms with van der Waals surface area (Å²) in [5.41, 5.74) is 0.0234. The number of pyridine rings is 1. The molecule has 1 spiro atoms. The predicted octanol–water partition coefficient (Wildman–Crippen LogP) is 3.10. The molecule has 2 aliphatic rings. The van der Waals surface area contributed by atoms with Gasteiger partial charge in [-0.25, -0.2) is 4.79 Å². The molecule has 1 aliphatic heterocycles. The van der Waals surface area contributed by atoms with Crippen molar-refractivity contribution >= 4 is 11.9 Å². The zero-order valence-corrected chi connectivity index (χ0v) is 17.9. The largest absolute Gasteiger partial charge is 0.492 e. The maximum absolute atomic E-state index is 12.7. The van der Waals surface area contributed by atoms with Gasteiger partial charge in [0.2, 0.25) is 0 Å². The van der Waals surface area contributed by atoms with Crippen molar-refractivity contribution in [2.75, 3.05) is 26.3 Å². The third kappa shape index (κ3) is 6.21. The lowest BCUT2D eigenvalue weighted by Crippen LogP contribution is -2.56. The number of rotatable bonds is 4. The number of aromatic nitrogens is 2. The molecule has 4 rings (SSSR count). The molecule has 0 unspecified atom stereocenters. The van der Waals surface area contributed by atoms with Crippen molar-refractivity contribution in [3.63, 3.8) is 0 Å². The van der Waals surface area contributed by atoms with Crippen LogP contribution in [0.5, 0.6) is 5.75 Å². The number of carbonyl (C=O) groups is 2. The van der Waals surface area contributed by atoms with Crippen LogP contribution in [-0.4, -0.2) is 70.1 Å². The Kier molecular flexibility index (Phi) is 7.57. The van der Waals surface area contributed by atoms with Gasteiger partial charge < -0.3 is 24.0 Å². The summed E-state index contributed by atoms with van der Waals surface area (Å²) in [6, 6.07) is 5.44. The molecule has 2 aromatic rings. The second-order valence-electron chi connectivity index (χ2n) is 7.85. The normalized spacial score (nSPS) is 22.5. The lowest BCUT2D eigenvalue weighted by Gasteiger charge is -2.43. The second kappa shape index (κ2) is 10.2. The Balaban J connectivity index is 0.000000383. The minimum absolute atomic E-state index is 0.0941. The van der Waals surface area contributed by atoms with Crippen LogP contribution in [0.4, 0.5) is 13.2 Å². The van der Waals surface area contributed by atoms with Gasteiger partial charge in [0, 0.05) is 24.7 Å². The van der Waals surface area contributed by atoms with Crippen LogP contribution in [-0.2, 0) is 9.53 Å². The first kappa shape index (κ1) is 24.5. The Morgan fingerprint density at radius 2 is 2.15 bits per heavy atom. The fourth-order valence-corrected chi connectivity index (χ4v) is 3.99. The summed E-state index contributed by atoms with van der Waals surface area (Å²) in [6.45, 7) is 4.03. The van der Waals surface area contributed by atoms with Crippen LogP contribution in [0.1, 0.15) is 35.5 Å². The lowest BCUT2D eigenvalue weighted by molar-refractivity contribution is -0.192. The van der Waals surface area contributed by atoms with Crippen LogP contribution >= 0.6 is 0 Å². The Morgan fingerprint density at radius 1 is 1.39 bits per heavy atom. The zero-order chi connectivity index (χ0) is 24.1. The van der Waals surface area contributed by atoms with Crippen LogP contribution in [0, 0.1) is 12.8 Å². The van der Waals surface area contributed by atoms with Gasteiger partial charge in [-0.15, -0.1) is 0 Å². The Hall–Kier alpha value is -3.15. The number of amides is 1. The summed E-state index contributed by atoms with van der Waals surface area (Å²) < 4.78 is 48.9. The monoisotopic (exact) mass is 471 g/mol. The van der Waals surface area contributed by atoms with Crippen LogP contribution in [0.15, 0.2) is 35.1 Å². The first-order valence-corrected chi connectivity index (χ1v) is 10.3. The molecule has 3 heterocycles. The fourth-order valence-electron chi connectivity index (χ4n) is 3.99. The molecule has 2 atom stereocenters. The number of aliphatic carboxylic acids is 1. The summed E-state index contributed by atoms with van der Waals surface area (Å²) in [5.74, 6) is -1.20. The highest BCUT2D eigenvalue weighted by molar-refractivity contribution is 5.92. The summed E-state index contributed by atoms with van der Waals surface area (Å²) in [6.07, 6.45) is 1.41. The molecule has 2 fully saturated rings. The van der Waals surface area contributed by atoms with Crippen molar-refractivity contribution in [2.24, 2.45) is 5.92 Å². The Labute approximate surface area is 187 Å². The highest BCUT2D eigenvalue weighted by Crippen LogP contribution is 2.41. The van der Waals surface area contributed by atoms with E-state index in [1.165, 1.54) is 0 Å². The number of hydrogen-bond donors (Lipinski definition) is 1. The summed E-state index contributed by atoms with van der Waals surface area (Å²) in [7, 11) is 0. The van der Waals surface area contributed by atoms with E-state index >= 15 is 0 Å². The molecule has 180 valence electrons. The fraction of sp³-hybridized carbons (Fsp3) is 0.524. The maximum atomic E-state index is 12.7. The summed E-state index contributed by atoms with van der Waals surface area (Å²) in [5, 5.41) is 11.0. The summed E-state index contributed by atoms with van der Waals surface area (Å²) in [4.78, 5) is 27.6. The van der Waals surface area contributed by atoms with Gasteiger partial charge in [0.05, 0.1) is 31.6 Å². The number of carbonyl (C=O) groups excluding carboxylic acids is 1. The van der Waals surface area contributed by atoms with E-state index < -0.39 is 12.1 Å². The third-order valence-electron chi connectivity index (χ3n) is 5.57. The van der Waals surface area contributed by atoms with Crippen LogP contribution < -0.4 is 4.74 Å². The van der Waals surface area contributed by atoms with Gasteiger partial charge in [-0.3, -0.25) is 9.78 Å². The van der Waals surface area contributed by atoms with E-state index in [1.54, 1.807) is 25.4 Å². The van der Waals surface area contributed by atoms with E-state index in [0.29, 0.717) is 37.8 Å². The number of carboxylic acids is 1. The first-order chi connectivity index (χ1) is 15.6. The average Bonchev–Trinajstić information content (AvgIpc) is 3.38. The van der Waals surface area contributed by atoms with E-state index in [2.05, 4.69) is 10.1 Å². The van der Waals surface area contributed by atoms with Crippen LogP contribution in [0.2, 0.25) is 0 Å². The van der Waals surface area contributed by atoms with E-state index in [0.717, 1.165) is 25.0 Å². The van der Waals surface area contributed by atoms with E-state index in [4.69, 9.17) is 23.9 Å². The third-order valence-corrected chi connectivity index (χ3v) is 5.57. The number of aryl methyl sites for hydroxylation is 1. The molecule has 12 heteroatoms.